The van der Waals surface area contributed by atoms with E-state index in [2.05, 4.69) is 37.1 Å². The van der Waals surface area contributed by atoms with Gasteiger partial charge in [-0.25, -0.2) is 4.98 Å². The van der Waals surface area contributed by atoms with Crippen molar-refractivity contribution in [2.45, 2.75) is 58.1 Å². The molecule has 1 unspecified atom stereocenters. The molecule has 1 aromatic carbocycles. The van der Waals surface area contributed by atoms with Gasteiger partial charge >= 0.3 is 0 Å². The van der Waals surface area contributed by atoms with E-state index in [1.807, 2.05) is 4.90 Å². The standard InChI is InChI=1S/C26H32ClN3O3/c1-18(2)22(14-19-6-4-3-5-7-19)25(32)29-12-10-26(33,11-13-29)16-30-17-28-23-15-20(27)8-9-21(23)24(30)31/h4,6-9,15,17-18,22,33H,3,5,10-14,16H2,1-2H3. The van der Waals surface area contributed by atoms with E-state index >= 15 is 0 Å². The third-order valence-corrected chi connectivity index (χ3v) is 7.14. The van der Waals surface area contributed by atoms with E-state index in [1.165, 1.54) is 16.5 Å². The first-order valence-electron chi connectivity index (χ1n) is 11.8. The number of carbonyl (C=O) groups is 1. The third kappa shape index (κ3) is 5.39. The van der Waals surface area contributed by atoms with Gasteiger partial charge in [-0.15, -0.1) is 0 Å². The summed E-state index contributed by atoms with van der Waals surface area (Å²) in [6, 6.07) is 4.99. The lowest BCUT2D eigenvalue weighted by Gasteiger charge is -2.40. The normalized spacial score (nSPS) is 19.1. The van der Waals surface area contributed by atoms with Gasteiger partial charge in [-0.3, -0.25) is 14.2 Å². The van der Waals surface area contributed by atoms with E-state index in [9.17, 15) is 14.7 Å². The Bertz CT molecular complexity index is 1140. The Morgan fingerprint density at radius 3 is 2.67 bits per heavy atom. The highest BCUT2D eigenvalue weighted by molar-refractivity contribution is 6.31. The molecule has 1 atom stereocenters. The largest absolute Gasteiger partial charge is 0.388 e. The molecule has 1 amide bonds. The minimum absolute atomic E-state index is 0.0654. The molecule has 1 aromatic heterocycles. The fraction of sp³-hybridized carbons (Fsp3) is 0.500. The average Bonchev–Trinajstić information content (AvgIpc) is 2.80. The van der Waals surface area contributed by atoms with Crippen LogP contribution in [0, 0.1) is 11.8 Å². The molecule has 1 saturated heterocycles. The van der Waals surface area contributed by atoms with Crippen LogP contribution in [0.2, 0.25) is 5.02 Å². The highest BCUT2D eigenvalue weighted by atomic mass is 35.5. The predicted molar refractivity (Wildman–Crippen MR) is 131 cm³/mol. The Balaban J connectivity index is 1.42. The number of nitrogens with zero attached hydrogens (tertiary/aromatic N) is 3. The molecule has 1 N–H and O–H groups in total. The number of rotatable bonds is 6. The molecule has 33 heavy (non-hydrogen) atoms. The number of carbonyl (C=O) groups excluding carboxylic acids is 1. The number of piperidine rings is 1. The van der Waals surface area contributed by atoms with Gasteiger partial charge in [0, 0.05) is 24.0 Å². The van der Waals surface area contributed by atoms with Gasteiger partial charge in [-0.05, 0) is 56.2 Å². The van der Waals surface area contributed by atoms with Crippen molar-refractivity contribution in [2.24, 2.45) is 11.8 Å². The monoisotopic (exact) mass is 469 g/mol. The van der Waals surface area contributed by atoms with E-state index in [4.69, 9.17) is 11.6 Å². The first kappa shape index (κ1) is 23.7. The van der Waals surface area contributed by atoms with Crippen molar-refractivity contribution in [3.05, 3.63) is 63.7 Å². The maximum Gasteiger partial charge on any atom is 0.261 e. The van der Waals surface area contributed by atoms with Crippen LogP contribution in [0.4, 0.5) is 0 Å². The second-order valence-corrected chi connectivity index (χ2v) is 10.1. The maximum absolute atomic E-state index is 13.3. The van der Waals surface area contributed by atoms with Crippen LogP contribution in [0.3, 0.4) is 0 Å². The molecule has 0 spiro atoms. The summed E-state index contributed by atoms with van der Waals surface area (Å²) in [5, 5.41) is 12.2. The van der Waals surface area contributed by atoms with Crippen LogP contribution in [0.25, 0.3) is 10.9 Å². The Kier molecular flexibility index (Phi) is 7.05. The molecule has 0 bridgehead atoms. The number of halogens is 1. The Labute approximate surface area is 199 Å². The van der Waals surface area contributed by atoms with Gasteiger partial charge in [-0.2, -0.15) is 0 Å². The summed E-state index contributed by atoms with van der Waals surface area (Å²) in [5.74, 6) is 0.336. The number of fused-ring (bicyclic) bond motifs is 1. The van der Waals surface area contributed by atoms with Gasteiger partial charge in [-0.1, -0.05) is 49.2 Å². The van der Waals surface area contributed by atoms with Crippen molar-refractivity contribution >= 4 is 28.4 Å². The maximum atomic E-state index is 13.3. The molecule has 7 heteroatoms. The lowest BCUT2D eigenvalue weighted by Crippen LogP contribution is -2.51. The zero-order chi connectivity index (χ0) is 23.6. The van der Waals surface area contributed by atoms with Crippen molar-refractivity contribution in [3.8, 4) is 0 Å². The summed E-state index contributed by atoms with van der Waals surface area (Å²) in [5.41, 5.74) is 0.534. The molecule has 1 aliphatic carbocycles. The fourth-order valence-electron chi connectivity index (χ4n) is 4.78. The van der Waals surface area contributed by atoms with E-state index in [0.29, 0.717) is 41.9 Å². The third-order valence-electron chi connectivity index (χ3n) is 6.91. The molecule has 1 aliphatic heterocycles. The molecular weight excluding hydrogens is 438 g/mol. The van der Waals surface area contributed by atoms with Gasteiger partial charge in [0.2, 0.25) is 5.91 Å². The predicted octanol–water partition coefficient (Wildman–Crippen LogP) is 4.34. The molecule has 2 aromatic rings. The molecule has 0 saturated carbocycles. The minimum atomic E-state index is -1.05. The number of likely N-dealkylation sites (tertiary alicyclic amines) is 1. The quantitative estimate of drug-likeness (QED) is 0.682. The molecule has 2 aliphatic rings. The van der Waals surface area contributed by atoms with E-state index in [-0.39, 0.29) is 29.8 Å². The van der Waals surface area contributed by atoms with E-state index < -0.39 is 5.60 Å². The van der Waals surface area contributed by atoms with Crippen molar-refractivity contribution in [1.82, 2.24) is 14.5 Å². The Hall–Kier alpha value is -2.44. The van der Waals surface area contributed by atoms with Crippen LogP contribution in [-0.4, -0.2) is 44.2 Å². The van der Waals surface area contributed by atoms with Crippen molar-refractivity contribution < 1.29 is 9.90 Å². The summed E-state index contributed by atoms with van der Waals surface area (Å²) in [6.07, 6.45) is 11.7. The highest BCUT2D eigenvalue weighted by Crippen LogP contribution is 2.29. The van der Waals surface area contributed by atoms with Crippen molar-refractivity contribution in [2.75, 3.05) is 13.1 Å². The number of amides is 1. The second kappa shape index (κ2) is 9.82. The van der Waals surface area contributed by atoms with E-state index in [0.717, 1.165) is 19.3 Å². The summed E-state index contributed by atoms with van der Waals surface area (Å²) < 4.78 is 1.46. The highest BCUT2D eigenvalue weighted by Gasteiger charge is 2.37. The van der Waals surface area contributed by atoms with Gasteiger partial charge in [0.05, 0.1) is 29.4 Å². The lowest BCUT2D eigenvalue weighted by molar-refractivity contribution is -0.141. The zero-order valence-corrected chi connectivity index (χ0v) is 20.1. The number of hydrogen-bond acceptors (Lipinski definition) is 4. The molecule has 4 rings (SSSR count). The average molecular weight is 470 g/mol. The number of aromatic nitrogens is 2. The number of aliphatic hydroxyl groups is 1. The van der Waals surface area contributed by atoms with Crippen LogP contribution in [0.15, 0.2) is 53.1 Å². The first-order valence-corrected chi connectivity index (χ1v) is 12.1. The summed E-state index contributed by atoms with van der Waals surface area (Å²) in [6.45, 7) is 5.33. The zero-order valence-electron chi connectivity index (χ0n) is 19.3. The van der Waals surface area contributed by atoms with Gasteiger partial charge < -0.3 is 10.0 Å². The topological polar surface area (TPSA) is 75.4 Å². The number of allylic oxidation sites excluding steroid dienone is 4. The van der Waals surface area contributed by atoms with Gasteiger partial charge in [0.15, 0.2) is 0 Å². The van der Waals surface area contributed by atoms with Gasteiger partial charge in [0.25, 0.3) is 5.56 Å². The number of hydrogen-bond donors (Lipinski definition) is 1. The summed E-state index contributed by atoms with van der Waals surface area (Å²) in [7, 11) is 0. The SMILES string of the molecule is CC(C)C(CC1=CCCC=C1)C(=O)N1CCC(O)(Cn2cnc3cc(Cl)ccc3c2=O)CC1. The summed E-state index contributed by atoms with van der Waals surface area (Å²) in [4.78, 5) is 32.4. The van der Waals surface area contributed by atoms with Crippen LogP contribution in [0.5, 0.6) is 0 Å². The molecule has 2 heterocycles. The van der Waals surface area contributed by atoms with Crippen molar-refractivity contribution in [3.63, 3.8) is 0 Å². The van der Waals surface area contributed by atoms with Crippen LogP contribution in [0.1, 0.15) is 46.0 Å². The first-order chi connectivity index (χ1) is 15.8. The molecule has 0 radical (unpaired) electrons. The van der Waals surface area contributed by atoms with Crippen molar-refractivity contribution in [1.29, 1.82) is 0 Å². The van der Waals surface area contributed by atoms with Gasteiger partial charge in [0.1, 0.15) is 0 Å². The molecular formula is C26H32ClN3O3. The lowest BCUT2D eigenvalue weighted by atomic mass is 9.84. The minimum Gasteiger partial charge on any atom is -0.388 e. The number of benzene rings is 1. The summed E-state index contributed by atoms with van der Waals surface area (Å²) >= 11 is 6.00. The Morgan fingerprint density at radius 1 is 1.24 bits per heavy atom. The molecule has 6 nitrogen and oxygen atoms in total. The Morgan fingerprint density at radius 2 is 2.00 bits per heavy atom. The fourth-order valence-corrected chi connectivity index (χ4v) is 4.94. The van der Waals surface area contributed by atoms with Crippen LogP contribution < -0.4 is 5.56 Å². The van der Waals surface area contributed by atoms with E-state index in [1.54, 1.807) is 18.2 Å². The van der Waals surface area contributed by atoms with Crippen LogP contribution in [-0.2, 0) is 11.3 Å². The molecule has 176 valence electrons. The molecule has 1 fully saturated rings. The smallest absolute Gasteiger partial charge is 0.261 e. The van der Waals surface area contributed by atoms with Crippen LogP contribution >= 0.6 is 11.6 Å². The second-order valence-electron chi connectivity index (χ2n) is 9.70.